The number of rotatable bonds is 12. The van der Waals surface area contributed by atoms with Crippen molar-refractivity contribution >= 4 is 63.5 Å². The van der Waals surface area contributed by atoms with Crippen molar-refractivity contribution in [3.05, 3.63) is 23.7 Å². The fraction of sp³-hybridized carbons (Fsp3) is 0.474. The zero-order valence-electron chi connectivity index (χ0n) is 19.1. The number of oxime groups is 1. The number of nitrogens with one attached hydrogen (secondary N) is 2. The smallest absolute Gasteiger partial charge is 0.313 e. The van der Waals surface area contributed by atoms with Gasteiger partial charge in [0.2, 0.25) is 11.1 Å². The zero-order chi connectivity index (χ0) is 26.6. The molecule has 3 unspecified atom stereocenters. The molecular weight excluding hydrogens is 546 g/mol. The van der Waals surface area contributed by atoms with Crippen LogP contribution in [-0.2, 0) is 19.2 Å². The lowest BCUT2D eigenvalue weighted by Gasteiger charge is -2.55. The van der Waals surface area contributed by atoms with E-state index in [9.17, 15) is 24.6 Å². The number of tetrazole rings is 1. The third kappa shape index (κ3) is 5.41. The monoisotopic (exact) mass is 569 g/mol. The van der Waals surface area contributed by atoms with Gasteiger partial charge in [0.15, 0.2) is 10.8 Å². The Balaban J connectivity index is 1.49. The highest BCUT2D eigenvalue weighted by molar-refractivity contribution is 8.01. The van der Waals surface area contributed by atoms with Gasteiger partial charge in [-0.2, -0.15) is 5.21 Å². The summed E-state index contributed by atoms with van der Waals surface area (Å²) in [7, 11) is 0. The number of carbonyl (C=O) groups is 3. The van der Waals surface area contributed by atoms with Gasteiger partial charge in [-0.1, -0.05) is 29.6 Å². The number of thioether (sulfide) groups is 2. The molecule has 15 nitrogen and oxygen atoms in total. The van der Waals surface area contributed by atoms with Crippen molar-refractivity contribution < 1.29 is 29.4 Å². The Kier molecular flexibility index (Phi) is 8.30. The van der Waals surface area contributed by atoms with Crippen LogP contribution in [0, 0.1) is 5.41 Å². The molecule has 0 radical (unpaired) electrons. The molecule has 0 aliphatic carbocycles. The second kappa shape index (κ2) is 11.4. The number of nitrogens with two attached hydrogens (primary N) is 1. The van der Waals surface area contributed by atoms with Crippen LogP contribution in [0.15, 0.2) is 28.3 Å². The topological polar surface area (TPSA) is 222 Å². The largest absolute Gasteiger partial charge is 0.481 e. The Morgan fingerprint density at radius 1 is 1.54 bits per heavy atom. The number of nitrogens with zero attached hydrogens (tertiary/aromatic N) is 6. The summed E-state index contributed by atoms with van der Waals surface area (Å²) in [5, 5.41) is 40.7. The minimum atomic E-state index is -1.39. The summed E-state index contributed by atoms with van der Waals surface area (Å²) in [5.41, 5.74) is 4.34. The van der Waals surface area contributed by atoms with Crippen molar-refractivity contribution in [2.24, 2.45) is 10.6 Å². The number of amides is 2. The van der Waals surface area contributed by atoms with Crippen molar-refractivity contribution in [2.75, 3.05) is 31.2 Å². The van der Waals surface area contributed by atoms with Gasteiger partial charge in [-0.3, -0.25) is 14.4 Å². The standard InChI is InChI=1S/C19H23N9O6S3/c1-2-5-34-25-11(9-6-35-17(20)21-9)13(30)22-12-14(31)28-7-19(16(32)33,8-36-15(12)28)10(3-4-29)37-18-23-26-27-24-18/h2,6,10,12,15,29H,1,3-5,7-8H2,(H2,20,21)(H,22,30)(H,32,33)(H,23,24,26,27)/t10?,12?,15-,19?/m1/s1. The number of H-pyrrole nitrogens is 1. The first-order valence-corrected chi connectivity index (χ1v) is 13.6. The number of β-lactam (4-membered cyclic amide) rings is 1. The molecule has 2 saturated heterocycles. The van der Waals surface area contributed by atoms with Gasteiger partial charge in [-0.25, -0.2) is 4.98 Å². The van der Waals surface area contributed by atoms with Gasteiger partial charge >= 0.3 is 5.97 Å². The van der Waals surface area contributed by atoms with Crippen molar-refractivity contribution in [1.82, 2.24) is 35.8 Å². The molecule has 2 aromatic rings. The number of aromatic nitrogens is 5. The third-order valence-electron chi connectivity index (χ3n) is 5.73. The van der Waals surface area contributed by atoms with Crippen molar-refractivity contribution in [3.63, 3.8) is 0 Å². The number of aromatic amines is 1. The first kappa shape index (κ1) is 26.8. The summed E-state index contributed by atoms with van der Waals surface area (Å²) in [6.07, 6.45) is 1.59. The van der Waals surface area contributed by atoms with Crippen molar-refractivity contribution in [3.8, 4) is 0 Å². The number of hydrogen-bond donors (Lipinski definition) is 5. The second-order valence-corrected chi connectivity index (χ2v) is 11.2. The number of thiazole rings is 1. The number of carboxylic acid groups (broad SMARTS) is 1. The minimum absolute atomic E-state index is 0.0547. The number of hydrogen-bond acceptors (Lipinski definition) is 14. The van der Waals surface area contributed by atoms with Gasteiger partial charge < -0.3 is 31.0 Å². The molecular formula is C19H23N9O6S3. The van der Waals surface area contributed by atoms with E-state index < -0.39 is 39.9 Å². The normalized spacial score (nSPS) is 24.1. The Morgan fingerprint density at radius 3 is 2.97 bits per heavy atom. The average Bonchev–Trinajstić information content (AvgIpc) is 3.56. The highest BCUT2D eigenvalue weighted by Crippen LogP contribution is 2.48. The number of aliphatic hydroxyl groups excluding tert-OH is 1. The molecule has 2 amide bonds. The minimum Gasteiger partial charge on any atom is -0.481 e. The number of carbonyl (C=O) groups excluding carboxylic acids is 2. The van der Waals surface area contributed by atoms with E-state index >= 15 is 0 Å². The molecule has 0 aromatic carbocycles. The molecule has 6 N–H and O–H groups in total. The van der Waals surface area contributed by atoms with Crippen molar-refractivity contribution in [1.29, 1.82) is 0 Å². The maximum absolute atomic E-state index is 13.1. The molecule has 0 spiro atoms. The summed E-state index contributed by atoms with van der Waals surface area (Å²) in [6, 6.07) is -0.897. The number of nitrogen functional groups attached to an aromatic ring is 1. The van der Waals surface area contributed by atoms with Crippen LogP contribution in [0.25, 0.3) is 0 Å². The van der Waals surface area contributed by atoms with E-state index in [4.69, 9.17) is 10.6 Å². The zero-order valence-corrected chi connectivity index (χ0v) is 21.6. The molecule has 198 valence electrons. The summed E-state index contributed by atoms with van der Waals surface area (Å²) < 4.78 is 0. The average molecular weight is 570 g/mol. The van der Waals surface area contributed by atoms with Crippen LogP contribution in [0.3, 0.4) is 0 Å². The molecule has 2 fully saturated rings. The maximum atomic E-state index is 13.1. The van der Waals surface area contributed by atoms with E-state index in [1.165, 1.54) is 22.7 Å². The molecule has 2 aromatic heterocycles. The summed E-state index contributed by atoms with van der Waals surface area (Å²) in [4.78, 5) is 49.1. The van der Waals surface area contributed by atoms with E-state index in [0.29, 0.717) is 0 Å². The van der Waals surface area contributed by atoms with Crippen LogP contribution in [-0.4, -0.2) is 106 Å². The first-order valence-electron chi connectivity index (χ1n) is 10.8. The van der Waals surface area contributed by atoms with Crippen LogP contribution >= 0.6 is 34.9 Å². The maximum Gasteiger partial charge on any atom is 0.313 e. The summed E-state index contributed by atoms with van der Waals surface area (Å²) >= 11 is 3.43. The van der Waals surface area contributed by atoms with Gasteiger partial charge in [0, 0.05) is 29.5 Å². The molecule has 0 saturated carbocycles. The van der Waals surface area contributed by atoms with Crippen LogP contribution in [0.2, 0.25) is 0 Å². The number of aliphatic carboxylic acids is 1. The molecule has 2 aliphatic heterocycles. The third-order valence-corrected chi connectivity index (χ3v) is 9.31. The Labute approximate surface area is 222 Å². The van der Waals surface area contributed by atoms with E-state index in [1.807, 2.05) is 0 Å². The molecule has 18 heteroatoms. The Hall–Kier alpha value is -3.22. The lowest BCUT2D eigenvalue weighted by Crippen LogP contribution is -2.75. The first-order chi connectivity index (χ1) is 17.8. The predicted octanol–water partition coefficient (Wildman–Crippen LogP) is -0.841. The van der Waals surface area contributed by atoms with E-state index in [0.717, 1.165) is 23.1 Å². The lowest BCUT2D eigenvalue weighted by molar-refractivity contribution is -0.158. The second-order valence-electron chi connectivity index (χ2n) is 7.99. The Morgan fingerprint density at radius 2 is 2.35 bits per heavy atom. The SMILES string of the molecule is C=CCON=C(C(=O)NC1C(=O)N2CC(C(=O)O)(C(CCO)Sc3nn[nH]n3)CS[C@H]12)c1csc(N)n1. The highest BCUT2D eigenvalue weighted by atomic mass is 32.2. The molecule has 0 bridgehead atoms. The highest BCUT2D eigenvalue weighted by Gasteiger charge is 2.60. The fourth-order valence-corrected chi connectivity index (χ4v) is 7.33. The molecule has 4 heterocycles. The van der Waals surface area contributed by atoms with E-state index in [1.54, 1.807) is 5.38 Å². The van der Waals surface area contributed by atoms with Gasteiger partial charge in [0.1, 0.15) is 29.1 Å². The number of anilines is 1. The number of carboxylic acids is 1. The summed E-state index contributed by atoms with van der Waals surface area (Å²) in [5.74, 6) is -2.10. The van der Waals surface area contributed by atoms with Crippen LogP contribution in [0.1, 0.15) is 12.1 Å². The number of aliphatic hydroxyl groups is 1. The quantitative estimate of drug-likeness (QED) is 0.0526. The van der Waals surface area contributed by atoms with Gasteiger partial charge in [-0.05, 0) is 11.6 Å². The van der Waals surface area contributed by atoms with E-state index in [-0.39, 0.29) is 53.6 Å². The predicted molar refractivity (Wildman–Crippen MR) is 135 cm³/mol. The van der Waals surface area contributed by atoms with Gasteiger partial charge in [0.05, 0.1) is 0 Å². The molecule has 2 aliphatic rings. The van der Waals surface area contributed by atoms with Crippen LogP contribution < -0.4 is 11.1 Å². The van der Waals surface area contributed by atoms with Gasteiger partial charge in [-0.15, -0.1) is 33.3 Å². The van der Waals surface area contributed by atoms with Crippen molar-refractivity contribution in [2.45, 2.75) is 28.2 Å². The van der Waals surface area contributed by atoms with Crippen LogP contribution in [0.4, 0.5) is 5.13 Å². The molecule has 4 atom stereocenters. The van der Waals surface area contributed by atoms with Gasteiger partial charge in [0.25, 0.3) is 5.91 Å². The lowest BCUT2D eigenvalue weighted by atomic mass is 9.82. The molecule has 37 heavy (non-hydrogen) atoms. The van der Waals surface area contributed by atoms with Crippen LogP contribution in [0.5, 0.6) is 0 Å². The summed E-state index contributed by atoms with van der Waals surface area (Å²) in [6.45, 7) is 3.21. The fourth-order valence-electron chi connectivity index (χ4n) is 3.92. The Bertz CT molecular complexity index is 1190. The molecule has 4 rings (SSSR count). The van der Waals surface area contributed by atoms with E-state index in [2.05, 4.69) is 42.7 Å². The number of fused-ring (bicyclic) bond motifs is 1.